The van der Waals surface area contributed by atoms with Gasteiger partial charge < -0.3 is 15.1 Å². The molecular formula is C22H53N3O2. The molecule has 0 fully saturated rings. The van der Waals surface area contributed by atoms with Gasteiger partial charge in [0.05, 0.1) is 13.2 Å². The molecule has 2 N–H and O–H groups in total. The van der Waals surface area contributed by atoms with Gasteiger partial charge in [-0.2, -0.15) is 0 Å². The number of hydrogen-bond acceptors (Lipinski definition) is 5. The van der Waals surface area contributed by atoms with Crippen LogP contribution >= 0.6 is 0 Å². The standard InChI is InChI=1S/C8H19NO.C8H19N.C6H15NO/c1-5-9(6-7-10)8(2,3)4;1-6-9(7-2)8(3,4)5;1-3-4-7(2)5-6-8/h10H,5-7H2,1-4H3;6-7H2,1-5H3;8H,3-6H2,1-2H3. The van der Waals surface area contributed by atoms with E-state index in [0.717, 1.165) is 45.7 Å². The van der Waals surface area contributed by atoms with Crippen LogP contribution in [-0.4, -0.2) is 95.5 Å². The first-order chi connectivity index (χ1) is 12.3. The van der Waals surface area contributed by atoms with Crippen LogP contribution in [0.4, 0.5) is 0 Å². The molecule has 0 bridgehead atoms. The Morgan fingerprint density at radius 1 is 0.593 bits per heavy atom. The van der Waals surface area contributed by atoms with Crippen molar-refractivity contribution in [3.63, 3.8) is 0 Å². The van der Waals surface area contributed by atoms with Crippen molar-refractivity contribution in [1.29, 1.82) is 0 Å². The fourth-order valence-electron chi connectivity index (χ4n) is 2.93. The van der Waals surface area contributed by atoms with Crippen LogP contribution in [0.3, 0.4) is 0 Å². The number of nitrogens with zero attached hydrogens (tertiary/aromatic N) is 3. The van der Waals surface area contributed by atoms with Crippen LogP contribution < -0.4 is 0 Å². The normalized spacial score (nSPS) is 12.0. The number of likely N-dealkylation sites (N-methyl/N-ethyl adjacent to an activating group) is 2. The Balaban J connectivity index is -0.000000322. The molecule has 0 aliphatic heterocycles. The maximum atomic E-state index is 8.69. The predicted octanol–water partition coefficient (Wildman–Crippen LogP) is 3.55. The summed E-state index contributed by atoms with van der Waals surface area (Å²) in [5.74, 6) is 0. The summed E-state index contributed by atoms with van der Waals surface area (Å²) in [4.78, 5) is 6.79. The van der Waals surface area contributed by atoms with E-state index in [9.17, 15) is 0 Å². The molecule has 0 aliphatic rings. The monoisotopic (exact) mass is 391 g/mol. The highest BCUT2D eigenvalue weighted by Gasteiger charge is 2.18. The maximum Gasteiger partial charge on any atom is 0.0558 e. The summed E-state index contributed by atoms with van der Waals surface area (Å²) in [6, 6.07) is 0. The second-order valence-electron chi connectivity index (χ2n) is 8.84. The van der Waals surface area contributed by atoms with E-state index in [-0.39, 0.29) is 18.8 Å². The minimum Gasteiger partial charge on any atom is -0.395 e. The Labute approximate surface area is 171 Å². The number of β-amino-alcohol motifs (C(OH)–C–C–N with tert-alkyl or cyclic N) is 1. The summed E-state index contributed by atoms with van der Waals surface area (Å²) in [7, 11) is 2.01. The van der Waals surface area contributed by atoms with Crippen molar-refractivity contribution in [2.75, 3.05) is 59.5 Å². The second kappa shape index (κ2) is 17.9. The van der Waals surface area contributed by atoms with Crippen molar-refractivity contribution >= 4 is 0 Å². The van der Waals surface area contributed by atoms with Crippen LogP contribution in [0.2, 0.25) is 0 Å². The van der Waals surface area contributed by atoms with E-state index in [4.69, 9.17) is 10.2 Å². The molecule has 0 saturated carbocycles. The van der Waals surface area contributed by atoms with Crippen LogP contribution in [0.25, 0.3) is 0 Å². The van der Waals surface area contributed by atoms with Crippen LogP contribution in [0.5, 0.6) is 0 Å². The smallest absolute Gasteiger partial charge is 0.0558 e. The number of hydrogen-bond donors (Lipinski definition) is 2. The third-order valence-electron chi connectivity index (χ3n) is 4.50. The van der Waals surface area contributed by atoms with Crippen molar-refractivity contribution in [2.24, 2.45) is 0 Å². The predicted molar refractivity (Wildman–Crippen MR) is 122 cm³/mol. The topological polar surface area (TPSA) is 50.2 Å². The lowest BCUT2D eigenvalue weighted by Crippen LogP contribution is -2.42. The van der Waals surface area contributed by atoms with Gasteiger partial charge >= 0.3 is 0 Å². The lowest BCUT2D eigenvalue weighted by molar-refractivity contribution is 0.112. The molecule has 0 rings (SSSR count). The zero-order valence-electron chi connectivity index (χ0n) is 20.6. The zero-order chi connectivity index (χ0) is 22.1. The van der Waals surface area contributed by atoms with E-state index in [1.807, 2.05) is 7.05 Å². The molecule has 0 spiro atoms. The quantitative estimate of drug-likeness (QED) is 0.629. The van der Waals surface area contributed by atoms with Gasteiger partial charge in [-0.25, -0.2) is 0 Å². The molecule has 5 heteroatoms. The zero-order valence-corrected chi connectivity index (χ0v) is 20.6. The van der Waals surface area contributed by atoms with Crippen molar-refractivity contribution in [1.82, 2.24) is 14.7 Å². The molecule has 168 valence electrons. The van der Waals surface area contributed by atoms with Crippen LogP contribution in [0.15, 0.2) is 0 Å². The summed E-state index contributed by atoms with van der Waals surface area (Å²) in [6.45, 7) is 28.4. The van der Waals surface area contributed by atoms with E-state index in [2.05, 4.69) is 83.9 Å². The minimum atomic E-state index is 0.192. The first kappa shape index (κ1) is 31.5. The number of rotatable bonds is 9. The Hall–Kier alpha value is -0.200. The molecule has 0 saturated heterocycles. The molecule has 0 heterocycles. The Morgan fingerprint density at radius 2 is 0.963 bits per heavy atom. The first-order valence-electron chi connectivity index (χ1n) is 10.8. The molecule has 27 heavy (non-hydrogen) atoms. The van der Waals surface area contributed by atoms with Crippen LogP contribution in [-0.2, 0) is 0 Å². The summed E-state index contributed by atoms with van der Waals surface area (Å²) >= 11 is 0. The Bertz CT molecular complexity index is 289. The fraction of sp³-hybridized carbons (Fsp3) is 1.00. The average molecular weight is 392 g/mol. The molecule has 0 aromatic carbocycles. The van der Waals surface area contributed by atoms with Crippen molar-refractivity contribution < 1.29 is 10.2 Å². The van der Waals surface area contributed by atoms with Crippen LogP contribution in [0.1, 0.15) is 75.7 Å². The molecule has 0 amide bonds. The van der Waals surface area contributed by atoms with Gasteiger partial charge in [0.1, 0.15) is 0 Å². The van der Waals surface area contributed by atoms with Gasteiger partial charge in [-0.15, -0.1) is 0 Å². The highest BCUT2D eigenvalue weighted by molar-refractivity contribution is 4.74. The third kappa shape index (κ3) is 20.3. The van der Waals surface area contributed by atoms with E-state index >= 15 is 0 Å². The van der Waals surface area contributed by atoms with E-state index < -0.39 is 0 Å². The molecule has 0 aromatic rings. The molecule has 5 nitrogen and oxygen atoms in total. The fourth-order valence-corrected chi connectivity index (χ4v) is 2.93. The molecule has 0 radical (unpaired) electrons. The molecule has 0 aromatic heterocycles. The van der Waals surface area contributed by atoms with Crippen molar-refractivity contribution in [2.45, 2.75) is 86.7 Å². The average Bonchev–Trinajstić information content (AvgIpc) is 2.53. The summed E-state index contributed by atoms with van der Waals surface area (Å²) in [5.41, 5.74) is 0.543. The van der Waals surface area contributed by atoms with Gasteiger partial charge in [0.2, 0.25) is 0 Å². The molecular weight excluding hydrogens is 338 g/mol. The SMILES string of the molecule is CCCN(C)CCO.CCN(CC)C(C)(C)C.CCN(CCO)C(C)(C)C. The summed E-state index contributed by atoms with van der Waals surface area (Å²) in [5, 5.41) is 17.1. The van der Waals surface area contributed by atoms with Crippen LogP contribution in [0, 0.1) is 0 Å². The summed E-state index contributed by atoms with van der Waals surface area (Å²) in [6.07, 6.45) is 1.16. The van der Waals surface area contributed by atoms with Gasteiger partial charge in [0.25, 0.3) is 0 Å². The van der Waals surface area contributed by atoms with Gasteiger partial charge in [0, 0.05) is 24.2 Å². The van der Waals surface area contributed by atoms with Crippen molar-refractivity contribution in [3.8, 4) is 0 Å². The molecule has 0 atom stereocenters. The molecule has 0 unspecified atom stereocenters. The molecule has 0 aliphatic carbocycles. The lowest BCUT2D eigenvalue weighted by atomic mass is 10.1. The third-order valence-corrected chi connectivity index (χ3v) is 4.50. The van der Waals surface area contributed by atoms with E-state index in [1.165, 1.54) is 0 Å². The second-order valence-corrected chi connectivity index (χ2v) is 8.84. The minimum absolute atomic E-state index is 0.192. The van der Waals surface area contributed by atoms with Gasteiger partial charge in [0.15, 0.2) is 0 Å². The van der Waals surface area contributed by atoms with E-state index in [1.54, 1.807) is 0 Å². The Kier molecular flexibility index (Phi) is 20.8. The highest BCUT2D eigenvalue weighted by atomic mass is 16.3. The number of aliphatic hydroxyl groups excluding tert-OH is 2. The van der Waals surface area contributed by atoms with Gasteiger partial charge in [-0.1, -0.05) is 27.7 Å². The van der Waals surface area contributed by atoms with Crippen molar-refractivity contribution in [3.05, 3.63) is 0 Å². The lowest BCUT2D eigenvalue weighted by Gasteiger charge is -2.33. The first-order valence-corrected chi connectivity index (χ1v) is 10.8. The largest absolute Gasteiger partial charge is 0.395 e. The highest BCUT2D eigenvalue weighted by Crippen LogP contribution is 2.11. The van der Waals surface area contributed by atoms with Gasteiger partial charge in [-0.05, 0) is 81.2 Å². The van der Waals surface area contributed by atoms with Gasteiger partial charge in [-0.3, -0.25) is 9.80 Å². The Morgan fingerprint density at radius 3 is 1.11 bits per heavy atom. The van der Waals surface area contributed by atoms with E-state index in [0.29, 0.717) is 5.54 Å². The number of aliphatic hydroxyl groups is 2. The maximum absolute atomic E-state index is 8.69. The summed E-state index contributed by atoms with van der Waals surface area (Å²) < 4.78 is 0.